The number of carbonyl (C=O) groups excluding carboxylic acids is 3. The molecule has 156 valence electrons. The van der Waals surface area contributed by atoms with E-state index < -0.39 is 0 Å². The molecule has 3 amide bonds. The molecule has 7 rings (SSSR count). The second-order valence-corrected chi connectivity index (χ2v) is 10.0. The van der Waals surface area contributed by atoms with Crippen LogP contribution < -0.4 is 10.2 Å². The summed E-state index contributed by atoms with van der Waals surface area (Å²) in [6.45, 7) is 1.92. The van der Waals surface area contributed by atoms with Crippen molar-refractivity contribution in [3.8, 4) is 0 Å². The third-order valence-electron chi connectivity index (χ3n) is 7.47. The highest BCUT2D eigenvalue weighted by atomic mass is 79.9. The fourth-order valence-corrected chi connectivity index (χ4v) is 6.44. The van der Waals surface area contributed by atoms with E-state index in [0.29, 0.717) is 23.1 Å². The fraction of sp³-hybridized carbons (Fsp3) is 0.320. The number of hydrogen-bond donors (Lipinski definition) is 1. The molecule has 6 heteroatoms. The van der Waals surface area contributed by atoms with Gasteiger partial charge in [-0.3, -0.25) is 14.4 Å². The van der Waals surface area contributed by atoms with Gasteiger partial charge in [-0.15, -0.1) is 0 Å². The van der Waals surface area contributed by atoms with Crippen molar-refractivity contribution < 1.29 is 14.4 Å². The van der Waals surface area contributed by atoms with Gasteiger partial charge in [0, 0.05) is 15.7 Å². The molecule has 6 atom stereocenters. The summed E-state index contributed by atoms with van der Waals surface area (Å²) in [6.07, 6.45) is 5.47. The average Bonchev–Trinajstić information content (AvgIpc) is 3.53. The zero-order valence-electron chi connectivity index (χ0n) is 16.9. The van der Waals surface area contributed by atoms with Gasteiger partial charge in [0.2, 0.25) is 11.8 Å². The van der Waals surface area contributed by atoms with Crippen molar-refractivity contribution >= 4 is 45.0 Å². The Bertz CT molecular complexity index is 1150. The summed E-state index contributed by atoms with van der Waals surface area (Å²) in [7, 11) is 0. The lowest BCUT2D eigenvalue weighted by Crippen LogP contribution is -2.40. The number of benzene rings is 2. The molecular weight excluding hydrogens is 456 g/mol. The molecule has 1 aliphatic heterocycles. The van der Waals surface area contributed by atoms with E-state index in [1.165, 1.54) is 4.90 Å². The van der Waals surface area contributed by atoms with Crippen LogP contribution in [0.1, 0.15) is 22.3 Å². The van der Waals surface area contributed by atoms with Crippen molar-refractivity contribution in [1.29, 1.82) is 0 Å². The molecular formula is C25H21BrN2O3. The van der Waals surface area contributed by atoms with Crippen LogP contribution in [0.3, 0.4) is 0 Å². The van der Waals surface area contributed by atoms with Crippen LogP contribution in [0.15, 0.2) is 59.1 Å². The van der Waals surface area contributed by atoms with Crippen LogP contribution in [0.25, 0.3) is 0 Å². The lowest BCUT2D eigenvalue weighted by atomic mass is 9.63. The van der Waals surface area contributed by atoms with Crippen molar-refractivity contribution in [3.05, 3.63) is 70.2 Å². The van der Waals surface area contributed by atoms with E-state index in [4.69, 9.17) is 0 Å². The van der Waals surface area contributed by atoms with Crippen LogP contribution in [-0.2, 0) is 9.59 Å². The number of amides is 3. The summed E-state index contributed by atoms with van der Waals surface area (Å²) in [5, 5.41) is 2.92. The molecule has 0 aromatic heterocycles. The molecule has 2 bridgehead atoms. The van der Waals surface area contributed by atoms with Crippen molar-refractivity contribution in [2.45, 2.75) is 13.3 Å². The van der Waals surface area contributed by atoms with Crippen LogP contribution in [0, 0.1) is 42.4 Å². The first-order valence-corrected chi connectivity index (χ1v) is 11.5. The third kappa shape index (κ3) is 2.77. The maximum Gasteiger partial charge on any atom is 0.255 e. The summed E-state index contributed by atoms with van der Waals surface area (Å²) in [5.74, 6) is 0.539. The molecule has 0 spiro atoms. The number of anilines is 2. The monoisotopic (exact) mass is 476 g/mol. The van der Waals surface area contributed by atoms with Crippen LogP contribution >= 0.6 is 15.9 Å². The predicted octanol–water partition coefficient (Wildman–Crippen LogP) is 4.57. The Morgan fingerprint density at radius 3 is 2.32 bits per heavy atom. The number of nitrogens with zero attached hydrogens (tertiary/aromatic N) is 1. The van der Waals surface area contributed by atoms with Crippen molar-refractivity contribution in [2.75, 3.05) is 10.2 Å². The van der Waals surface area contributed by atoms with Crippen LogP contribution in [0.5, 0.6) is 0 Å². The zero-order valence-corrected chi connectivity index (χ0v) is 18.5. The maximum atomic E-state index is 13.3. The SMILES string of the molecule is Cc1cc(Br)ccc1NC(=O)c1cccc(N2C(=O)[C@@H]3[C@@H]4C=C[C@H]([C@H]5C[C@H]45)[C@@H]3C2=O)c1. The Morgan fingerprint density at radius 2 is 1.68 bits per heavy atom. The van der Waals surface area contributed by atoms with E-state index in [1.54, 1.807) is 24.3 Å². The van der Waals surface area contributed by atoms with Crippen molar-refractivity contribution in [3.63, 3.8) is 0 Å². The van der Waals surface area contributed by atoms with Gasteiger partial charge in [0.25, 0.3) is 5.91 Å². The molecule has 3 fully saturated rings. The number of aryl methyl sites for hydroxylation is 1. The van der Waals surface area contributed by atoms with Gasteiger partial charge < -0.3 is 5.32 Å². The van der Waals surface area contributed by atoms with E-state index in [-0.39, 0.29) is 41.4 Å². The summed E-state index contributed by atoms with van der Waals surface area (Å²) < 4.78 is 0.943. The smallest absolute Gasteiger partial charge is 0.255 e. The van der Waals surface area contributed by atoms with Crippen LogP contribution in [0.4, 0.5) is 11.4 Å². The highest BCUT2D eigenvalue weighted by Gasteiger charge is 2.67. The molecule has 31 heavy (non-hydrogen) atoms. The summed E-state index contributed by atoms with van der Waals surface area (Å²) in [4.78, 5) is 40.8. The molecule has 2 aromatic carbocycles. The number of rotatable bonds is 3. The summed E-state index contributed by atoms with van der Waals surface area (Å²) in [6, 6.07) is 12.5. The number of allylic oxidation sites excluding steroid dienone is 2. The number of carbonyl (C=O) groups is 3. The minimum atomic E-state index is -0.272. The van der Waals surface area contributed by atoms with Gasteiger partial charge in [-0.05, 0) is 79.0 Å². The Morgan fingerprint density at radius 1 is 1.00 bits per heavy atom. The number of imide groups is 1. The Hall–Kier alpha value is -2.73. The van der Waals surface area contributed by atoms with Gasteiger partial charge >= 0.3 is 0 Å². The first-order valence-electron chi connectivity index (χ1n) is 10.7. The number of hydrogen-bond acceptors (Lipinski definition) is 3. The first-order chi connectivity index (χ1) is 14.9. The first kappa shape index (κ1) is 19.0. The van der Waals surface area contributed by atoms with Gasteiger partial charge in [-0.25, -0.2) is 4.90 Å². The molecule has 1 heterocycles. The lowest BCUT2D eigenvalue weighted by molar-refractivity contribution is -0.124. The zero-order chi connectivity index (χ0) is 21.4. The molecule has 5 nitrogen and oxygen atoms in total. The fourth-order valence-electron chi connectivity index (χ4n) is 5.96. The Labute approximate surface area is 188 Å². The van der Waals surface area contributed by atoms with E-state index in [0.717, 1.165) is 22.1 Å². The Kier molecular flexibility index (Phi) is 4.06. The highest BCUT2D eigenvalue weighted by molar-refractivity contribution is 9.10. The van der Waals surface area contributed by atoms with Crippen LogP contribution in [-0.4, -0.2) is 17.7 Å². The van der Waals surface area contributed by atoms with Crippen LogP contribution in [0.2, 0.25) is 0 Å². The van der Waals surface area contributed by atoms with E-state index >= 15 is 0 Å². The second kappa shape index (κ2) is 6.63. The Balaban J connectivity index is 1.28. The number of halogens is 1. The molecule has 5 aliphatic rings. The van der Waals surface area contributed by atoms with Gasteiger partial charge in [0.1, 0.15) is 0 Å². The van der Waals surface area contributed by atoms with E-state index in [1.807, 2.05) is 25.1 Å². The molecule has 2 saturated carbocycles. The molecule has 0 radical (unpaired) electrons. The highest BCUT2D eigenvalue weighted by Crippen LogP contribution is 2.65. The van der Waals surface area contributed by atoms with Gasteiger partial charge in [-0.1, -0.05) is 34.1 Å². The topological polar surface area (TPSA) is 66.5 Å². The van der Waals surface area contributed by atoms with Gasteiger partial charge in [0.05, 0.1) is 17.5 Å². The largest absolute Gasteiger partial charge is 0.322 e. The normalized spacial score (nSPS) is 32.1. The lowest BCUT2D eigenvalue weighted by Gasteiger charge is -2.37. The van der Waals surface area contributed by atoms with E-state index in [9.17, 15) is 14.4 Å². The third-order valence-corrected chi connectivity index (χ3v) is 7.96. The van der Waals surface area contributed by atoms with Gasteiger partial charge in [-0.2, -0.15) is 0 Å². The molecule has 0 unspecified atom stereocenters. The summed E-state index contributed by atoms with van der Waals surface area (Å²) >= 11 is 3.42. The summed E-state index contributed by atoms with van der Waals surface area (Å²) in [5.41, 5.74) is 2.56. The predicted molar refractivity (Wildman–Crippen MR) is 120 cm³/mol. The maximum absolute atomic E-state index is 13.3. The minimum Gasteiger partial charge on any atom is -0.322 e. The minimum absolute atomic E-state index is 0.110. The van der Waals surface area contributed by atoms with Crippen molar-refractivity contribution in [2.24, 2.45) is 35.5 Å². The molecule has 4 aliphatic carbocycles. The second-order valence-electron chi connectivity index (χ2n) is 9.13. The standard InChI is InChI=1S/C25H21BrN2O3/c1-12-9-14(26)5-8-20(12)27-23(29)13-3-2-4-15(10-13)28-24(30)21-16-6-7-17(19-11-18(16)19)22(21)25(28)31/h2-10,16-19,21-22H,11H2,1H3,(H,27,29)/t16-,17-,18-,19-,21-,22+/m1/s1. The molecule has 1 saturated heterocycles. The average molecular weight is 477 g/mol. The molecule has 2 aromatic rings. The number of nitrogens with one attached hydrogen (secondary N) is 1. The quantitative estimate of drug-likeness (QED) is 0.521. The van der Waals surface area contributed by atoms with Gasteiger partial charge in [0.15, 0.2) is 0 Å². The van der Waals surface area contributed by atoms with E-state index in [2.05, 4.69) is 33.4 Å². The van der Waals surface area contributed by atoms with Crippen molar-refractivity contribution in [1.82, 2.24) is 0 Å². The molecule has 1 N–H and O–H groups in total.